The van der Waals surface area contributed by atoms with E-state index in [1.54, 1.807) is 0 Å². The number of halogens is 1. The summed E-state index contributed by atoms with van der Waals surface area (Å²) < 4.78 is 1.11. The largest absolute Gasteiger partial charge is 0.0919 e. The maximum absolute atomic E-state index is 3.55. The highest BCUT2D eigenvalue weighted by Crippen LogP contribution is 2.20. The molecule has 0 atom stereocenters. The molecular weight excluding hydrogens is 236 g/mol. The second kappa shape index (κ2) is 4.19. The molecule has 0 unspecified atom stereocenters. The molecular formula is C13H15Br. The maximum atomic E-state index is 3.55. The Hall–Kier alpha value is -0.740. The normalized spacial score (nSPS) is 10.6. The van der Waals surface area contributed by atoms with Gasteiger partial charge >= 0.3 is 0 Å². The smallest absolute Gasteiger partial charge is 0.0390 e. The Morgan fingerprint density at radius 2 is 1.86 bits per heavy atom. The van der Waals surface area contributed by atoms with E-state index in [-0.39, 0.29) is 5.41 Å². The molecule has 1 aromatic carbocycles. The van der Waals surface area contributed by atoms with Crippen LogP contribution in [0.2, 0.25) is 0 Å². The van der Waals surface area contributed by atoms with Crippen LogP contribution in [0.5, 0.6) is 0 Å². The molecule has 0 nitrogen and oxygen atoms in total. The molecule has 14 heavy (non-hydrogen) atoms. The first kappa shape index (κ1) is 11.3. The van der Waals surface area contributed by atoms with Crippen molar-refractivity contribution in [3.05, 3.63) is 33.8 Å². The Morgan fingerprint density at radius 3 is 2.43 bits per heavy atom. The highest BCUT2D eigenvalue weighted by Gasteiger charge is 2.04. The van der Waals surface area contributed by atoms with Gasteiger partial charge < -0.3 is 0 Å². The van der Waals surface area contributed by atoms with E-state index in [4.69, 9.17) is 0 Å². The van der Waals surface area contributed by atoms with Crippen LogP contribution in [0.25, 0.3) is 0 Å². The van der Waals surface area contributed by atoms with E-state index < -0.39 is 0 Å². The molecule has 1 aromatic rings. The van der Waals surface area contributed by atoms with Gasteiger partial charge in [-0.3, -0.25) is 0 Å². The Kier molecular flexibility index (Phi) is 3.39. The number of hydrogen-bond donors (Lipinski definition) is 0. The van der Waals surface area contributed by atoms with Crippen LogP contribution in [-0.2, 0) is 0 Å². The van der Waals surface area contributed by atoms with Crippen molar-refractivity contribution in [3.8, 4) is 11.8 Å². The molecule has 0 aliphatic heterocycles. The first-order chi connectivity index (χ1) is 6.40. The van der Waals surface area contributed by atoms with Gasteiger partial charge in [-0.15, -0.1) is 0 Å². The minimum atomic E-state index is 0.0587. The fourth-order valence-electron chi connectivity index (χ4n) is 0.999. The van der Waals surface area contributed by atoms with Crippen molar-refractivity contribution < 1.29 is 0 Å². The summed E-state index contributed by atoms with van der Waals surface area (Å²) in [7, 11) is 0. The first-order valence-corrected chi connectivity index (χ1v) is 5.48. The predicted octanol–water partition coefficient (Wildman–Crippen LogP) is 4.16. The second-order valence-electron chi connectivity index (χ2n) is 4.44. The van der Waals surface area contributed by atoms with Crippen molar-refractivity contribution in [2.24, 2.45) is 5.41 Å². The lowest BCUT2D eigenvalue weighted by Crippen LogP contribution is -1.99. The van der Waals surface area contributed by atoms with E-state index in [1.165, 1.54) is 5.56 Å². The van der Waals surface area contributed by atoms with E-state index in [0.29, 0.717) is 0 Å². The fourth-order valence-corrected chi connectivity index (χ4v) is 1.36. The fraction of sp³-hybridized carbons (Fsp3) is 0.385. The van der Waals surface area contributed by atoms with E-state index in [1.807, 2.05) is 12.1 Å². The van der Waals surface area contributed by atoms with Crippen LogP contribution in [0.4, 0.5) is 0 Å². The molecule has 0 fully saturated rings. The zero-order valence-electron chi connectivity index (χ0n) is 9.11. The van der Waals surface area contributed by atoms with Gasteiger partial charge in [-0.05, 0) is 55.3 Å². The SMILES string of the molecule is Cc1cccc(C#CC(C)(C)C)c1Br. The van der Waals surface area contributed by atoms with E-state index in [9.17, 15) is 0 Å². The molecule has 0 saturated heterocycles. The molecule has 0 heterocycles. The summed E-state index contributed by atoms with van der Waals surface area (Å²) in [5, 5.41) is 0. The topological polar surface area (TPSA) is 0 Å². The third-order valence-corrected chi connectivity index (χ3v) is 2.82. The predicted molar refractivity (Wildman–Crippen MR) is 65.2 cm³/mol. The lowest BCUT2D eigenvalue weighted by molar-refractivity contribution is 0.571. The van der Waals surface area contributed by atoms with Crippen molar-refractivity contribution in [2.75, 3.05) is 0 Å². The average molecular weight is 251 g/mol. The monoisotopic (exact) mass is 250 g/mol. The second-order valence-corrected chi connectivity index (χ2v) is 5.23. The van der Waals surface area contributed by atoms with Crippen LogP contribution in [-0.4, -0.2) is 0 Å². The van der Waals surface area contributed by atoms with Crippen molar-refractivity contribution in [3.63, 3.8) is 0 Å². The maximum Gasteiger partial charge on any atom is 0.0390 e. The molecule has 0 radical (unpaired) electrons. The molecule has 74 valence electrons. The number of benzene rings is 1. The highest BCUT2D eigenvalue weighted by atomic mass is 79.9. The van der Waals surface area contributed by atoms with Crippen LogP contribution in [0, 0.1) is 24.2 Å². The molecule has 0 N–H and O–H groups in total. The Morgan fingerprint density at radius 1 is 1.21 bits per heavy atom. The quantitative estimate of drug-likeness (QED) is 0.607. The highest BCUT2D eigenvalue weighted by molar-refractivity contribution is 9.10. The van der Waals surface area contributed by atoms with Gasteiger partial charge in [-0.2, -0.15) is 0 Å². The molecule has 1 heteroatoms. The summed E-state index contributed by atoms with van der Waals surface area (Å²) in [4.78, 5) is 0. The van der Waals surface area contributed by atoms with Crippen LogP contribution >= 0.6 is 15.9 Å². The van der Waals surface area contributed by atoms with Crippen molar-refractivity contribution >= 4 is 15.9 Å². The van der Waals surface area contributed by atoms with Gasteiger partial charge in [0.1, 0.15) is 0 Å². The summed E-state index contributed by atoms with van der Waals surface area (Å²) in [6.45, 7) is 8.42. The average Bonchev–Trinajstić information content (AvgIpc) is 2.06. The number of aryl methyl sites for hydroxylation is 1. The lowest BCUT2D eigenvalue weighted by Gasteiger charge is -2.07. The van der Waals surface area contributed by atoms with Crippen molar-refractivity contribution in [1.82, 2.24) is 0 Å². The summed E-state index contributed by atoms with van der Waals surface area (Å²) >= 11 is 3.55. The first-order valence-electron chi connectivity index (χ1n) is 4.68. The van der Waals surface area contributed by atoms with E-state index in [0.717, 1.165) is 10.0 Å². The third-order valence-electron chi connectivity index (χ3n) is 1.76. The van der Waals surface area contributed by atoms with Crippen LogP contribution in [0.1, 0.15) is 31.9 Å². The Bertz CT molecular complexity index is 386. The van der Waals surface area contributed by atoms with Gasteiger partial charge in [0, 0.05) is 15.5 Å². The minimum Gasteiger partial charge on any atom is -0.0919 e. The molecule has 0 amide bonds. The summed E-state index contributed by atoms with van der Waals surface area (Å²) in [6.07, 6.45) is 0. The molecule has 0 aliphatic rings. The molecule has 0 saturated carbocycles. The standard InChI is InChI=1S/C13H15Br/c1-10-6-5-7-11(12(10)14)8-9-13(2,3)4/h5-7H,1-4H3. The molecule has 0 aliphatic carbocycles. The van der Waals surface area contributed by atoms with Crippen LogP contribution < -0.4 is 0 Å². The summed E-state index contributed by atoms with van der Waals surface area (Å²) in [5.41, 5.74) is 2.36. The van der Waals surface area contributed by atoms with E-state index >= 15 is 0 Å². The van der Waals surface area contributed by atoms with Crippen molar-refractivity contribution in [1.29, 1.82) is 0 Å². The van der Waals surface area contributed by atoms with Crippen LogP contribution in [0.15, 0.2) is 22.7 Å². The molecule has 0 bridgehead atoms. The van der Waals surface area contributed by atoms with Gasteiger partial charge in [0.2, 0.25) is 0 Å². The summed E-state index contributed by atoms with van der Waals surface area (Å²) in [5.74, 6) is 6.42. The van der Waals surface area contributed by atoms with Crippen molar-refractivity contribution in [2.45, 2.75) is 27.7 Å². The zero-order chi connectivity index (χ0) is 10.8. The Labute approximate surface area is 94.9 Å². The Balaban J connectivity index is 3.08. The number of rotatable bonds is 0. The van der Waals surface area contributed by atoms with E-state index in [2.05, 4.69) is 61.5 Å². The number of hydrogen-bond acceptors (Lipinski definition) is 0. The van der Waals surface area contributed by atoms with Gasteiger partial charge in [-0.1, -0.05) is 24.0 Å². The van der Waals surface area contributed by atoms with Gasteiger partial charge in [0.25, 0.3) is 0 Å². The molecule has 0 spiro atoms. The van der Waals surface area contributed by atoms with Gasteiger partial charge in [0.05, 0.1) is 0 Å². The van der Waals surface area contributed by atoms with Crippen LogP contribution in [0.3, 0.4) is 0 Å². The zero-order valence-corrected chi connectivity index (χ0v) is 10.7. The van der Waals surface area contributed by atoms with Gasteiger partial charge in [-0.25, -0.2) is 0 Å². The third kappa shape index (κ3) is 3.20. The summed E-state index contributed by atoms with van der Waals surface area (Å²) in [6, 6.07) is 6.15. The molecule has 1 rings (SSSR count). The molecule has 0 aromatic heterocycles. The minimum absolute atomic E-state index is 0.0587. The van der Waals surface area contributed by atoms with Gasteiger partial charge in [0.15, 0.2) is 0 Å². The lowest BCUT2D eigenvalue weighted by atomic mass is 9.97.